The summed E-state index contributed by atoms with van der Waals surface area (Å²) in [5.74, 6) is -2.46. The third kappa shape index (κ3) is 20.1. The van der Waals surface area contributed by atoms with Crippen LogP contribution in [0.5, 0.6) is 0 Å². The normalized spacial score (nSPS) is 12.2. The molecule has 0 aliphatic carbocycles. The molecule has 4 atom stereocenters. The van der Waals surface area contributed by atoms with Gasteiger partial charge < -0.3 is 39.6 Å². The molecular weight excluding hydrogens is 912 g/mol. The minimum absolute atomic E-state index is 0. The Bertz CT molecular complexity index is 1470. The van der Waals surface area contributed by atoms with Crippen molar-refractivity contribution in [3.63, 3.8) is 0 Å². The van der Waals surface area contributed by atoms with Crippen molar-refractivity contribution in [2.75, 3.05) is 0 Å². The smallest absolute Gasteiger partial charge is 0.0715 e. The van der Waals surface area contributed by atoms with E-state index in [0.717, 1.165) is 51.4 Å². The average molecular weight is 972 g/mol. The van der Waals surface area contributed by atoms with Crippen LogP contribution in [0.3, 0.4) is 0 Å². The standard InChI is InChI=1S/4C12H16O2.Pb/c4*1-3-4-9(2)10-5-7-11(8-6-10)12(13)14;/h4*5-9H,3-4H2,1-2H3,(H,13,14);/p-4. The quantitative estimate of drug-likeness (QED) is 0.105. The van der Waals surface area contributed by atoms with Crippen LogP contribution in [-0.4, -0.2) is 51.2 Å². The van der Waals surface area contributed by atoms with Gasteiger partial charge in [-0.05, 0) is 93.9 Å². The van der Waals surface area contributed by atoms with E-state index >= 15 is 0 Å². The van der Waals surface area contributed by atoms with Gasteiger partial charge in [-0.1, -0.05) is 178 Å². The van der Waals surface area contributed by atoms with Gasteiger partial charge >= 0.3 is 0 Å². The summed E-state index contributed by atoms with van der Waals surface area (Å²) in [6.07, 6.45) is 9.09. The largest absolute Gasteiger partial charge is 0.545 e. The molecule has 4 aromatic rings. The van der Waals surface area contributed by atoms with Crippen LogP contribution in [0.4, 0.5) is 0 Å². The number of rotatable bonds is 16. The van der Waals surface area contributed by atoms with Gasteiger partial charge in [0, 0.05) is 27.3 Å². The van der Waals surface area contributed by atoms with Crippen molar-refractivity contribution < 1.29 is 39.6 Å². The zero-order chi connectivity index (χ0) is 42.2. The summed E-state index contributed by atoms with van der Waals surface area (Å²) in [5.41, 5.74) is 5.76. The van der Waals surface area contributed by atoms with E-state index in [1.807, 2.05) is 48.5 Å². The van der Waals surface area contributed by atoms with Crippen LogP contribution in [-0.2, 0) is 0 Å². The molecule has 0 saturated heterocycles. The van der Waals surface area contributed by atoms with Crippen molar-refractivity contribution in [3.8, 4) is 0 Å². The molecule has 308 valence electrons. The van der Waals surface area contributed by atoms with Gasteiger partial charge in [-0.2, -0.15) is 0 Å². The summed E-state index contributed by atoms with van der Waals surface area (Å²) in [6, 6.07) is 27.8. The molecule has 0 bridgehead atoms. The van der Waals surface area contributed by atoms with E-state index in [-0.39, 0.29) is 49.6 Å². The zero-order valence-corrected chi connectivity index (χ0v) is 38.9. The second kappa shape index (κ2) is 29.0. The molecule has 4 unspecified atom stereocenters. The maximum absolute atomic E-state index is 10.5. The third-order valence-electron chi connectivity index (χ3n) is 9.75. The van der Waals surface area contributed by atoms with Crippen molar-refractivity contribution in [1.82, 2.24) is 0 Å². The van der Waals surface area contributed by atoms with E-state index in [0.29, 0.717) is 23.7 Å². The summed E-state index contributed by atoms with van der Waals surface area (Å²) in [4.78, 5) is 42.0. The maximum Gasteiger partial charge on any atom is 0.0715 e. The number of benzene rings is 4. The summed E-state index contributed by atoms with van der Waals surface area (Å²) < 4.78 is 0. The molecule has 0 amide bonds. The average Bonchev–Trinajstić information content (AvgIpc) is 3.19. The van der Waals surface area contributed by atoms with Crippen molar-refractivity contribution in [2.24, 2.45) is 0 Å². The topological polar surface area (TPSA) is 161 Å². The van der Waals surface area contributed by atoms with E-state index in [1.54, 1.807) is 48.5 Å². The Hall–Kier alpha value is -4.32. The maximum atomic E-state index is 10.5. The Morgan fingerprint density at radius 1 is 0.351 bits per heavy atom. The molecule has 0 spiro atoms. The van der Waals surface area contributed by atoms with E-state index in [4.69, 9.17) is 0 Å². The van der Waals surface area contributed by atoms with Crippen LogP contribution in [0.1, 0.15) is 194 Å². The van der Waals surface area contributed by atoms with Crippen LogP contribution in [0.2, 0.25) is 0 Å². The van der Waals surface area contributed by atoms with Gasteiger partial charge in [0.05, 0.1) is 23.9 Å². The molecule has 0 saturated carbocycles. The first kappa shape index (κ1) is 52.7. The molecule has 0 fully saturated rings. The van der Waals surface area contributed by atoms with Crippen molar-refractivity contribution in [1.29, 1.82) is 0 Å². The molecule has 0 aliphatic rings. The number of aromatic carboxylic acids is 4. The van der Waals surface area contributed by atoms with Gasteiger partial charge in [-0.3, -0.25) is 0 Å². The zero-order valence-electron chi connectivity index (χ0n) is 35.0. The molecule has 0 N–H and O–H groups in total. The van der Waals surface area contributed by atoms with Crippen molar-refractivity contribution >= 4 is 51.2 Å². The Balaban J connectivity index is 0.000000729. The molecule has 9 heteroatoms. The van der Waals surface area contributed by atoms with Crippen LogP contribution >= 0.6 is 0 Å². The van der Waals surface area contributed by atoms with Gasteiger partial charge in [-0.15, -0.1) is 0 Å². The molecule has 0 aromatic heterocycles. The van der Waals surface area contributed by atoms with E-state index in [1.165, 1.54) is 22.3 Å². The first-order valence-electron chi connectivity index (χ1n) is 19.8. The predicted molar refractivity (Wildman–Crippen MR) is 222 cm³/mol. The molecule has 4 radical (unpaired) electrons. The number of hydrogen-bond donors (Lipinski definition) is 0. The minimum Gasteiger partial charge on any atom is -0.545 e. The second-order valence-corrected chi connectivity index (χ2v) is 14.4. The number of carboxylic acid groups (broad SMARTS) is 4. The predicted octanol–water partition coefficient (Wildman–Crippen LogP) is 7.43. The van der Waals surface area contributed by atoms with Crippen LogP contribution in [0.25, 0.3) is 0 Å². The van der Waals surface area contributed by atoms with Crippen molar-refractivity contribution in [2.45, 2.75) is 130 Å². The van der Waals surface area contributed by atoms with Crippen LogP contribution < -0.4 is 20.4 Å². The number of hydrogen-bond acceptors (Lipinski definition) is 8. The first-order chi connectivity index (χ1) is 26.6. The Labute approximate surface area is 360 Å². The molecule has 57 heavy (non-hydrogen) atoms. The summed E-state index contributed by atoms with van der Waals surface area (Å²) in [7, 11) is 0. The van der Waals surface area contributed by atoms with E-state index < -0.39 is 23.9 Å². The van der Waals surface area contributed by atoms with E-state index in [9.17, 15) is 39.6 Å². The monoisotopic (exact) mass is 972 g/mol. The van der Waals surface area contributed by atoms with Gasteiger partial charge in [0.15, 0.2) is 0 Å². The Morgan fingerprint density at radius 3 is 0.596 bits per heavy atom. The molecule has 4 aromatic carbocycles. The number of carbonyl (C=O) groups excluding carboxylic acids is 4. The van der Waals surface area contributed by atoms with Gasteiger partial charge in [0.25, 0.3) is 0 Å². The summed E-state index contributed by atoms with van der Waals surface area (Å²) >= 11 is 0. The first-order valence-corrected chi connectivity index (χ1v) is 19.8. The SMILES string of the molecule is CCCC(C)c1ccc(C(=O)[O-])cc1.CCCC(C)c1ccc(C(=O)[O-])cc1.CCCC(C)c1ccc(C(=O)[O-])cc1.CCCC(C)c1ccc(C(=O)[O-])cc1.[Pb]. The number of carbonyl (C=O) groups is 4. The molecular formula is C48H60O8Pb-4. The van der Waals surface area contributed by atoms with Gasteiger partial charge in [0.1, 0.15) is 0 Å². The van der Waals surface area contributed by atoms with Gasteiger partial charge in [-0.25, -0.2) is 0 Å². The fourth-order valence-corrected chi connectivity index (χ4v) is 6.19. The molecule has 8 nitrogen and oxygen atoms in total. The van der Waals surface area contributed by atoms with Crippen molar-refractivity contribution in [3.05, 3.63) is 142 Å². The van der Waals surface area contributed by atoms with E-state index in [2.05, 4.69) is 55.4 Å². The number of carboxylic acids is 4. The van der Waals surface area contributed by atoms with Crippen LogP contribution in [0, 0.1) is 0 Å². The molecule has 0 aliphatic heterocycles. The van der Waals surface area contributed by atoms with Gasteiger partial charge in [0.2, 0.25) is 0 Å². The fraction of sp³-hybridized carbons (Fsp3) is 0.417. The third-order valence-corrected chi connectivity index (χ3v) is 9.75. The minimum atomic E-state index is -1.11. The summed E-state index contributed by atoms with van der Waals surface area (Å²) in [6.45, 7) is 17.2. The Kier molecular flexibility index (Phi) is 26.8. The second-order valence-electron chi connectivity index (χ2n) is 14.4. The Morgan fingerprint density at radius 2 is 0.491 bits per heavy atom. The van der Waals surface area contributed by atoms with Crippen LogP contribution in [0.15, 0.2) is 97.1 Å². The molecule has 0 heterocycles. The summed E-state index contributed by atoms with van der Waals surface area (Å²) in [5, 5.41) is 42.0. The fourth-order valence-electron chi connectivity index (χ4n) is 6.19. The molecule has 4 rings (SSSR count).